The van der Waals surface area contributed by atoms with Crippen molar-refractivity contribution in [2.75, 3.05) is 58.1 Å². The molecule has 2 aromatic heterocycles. The number of hydrogen-bond acceptors (Lipinski definition) is 17. The number of carbonyl (C=O) groups is 2. The molecule has 3 aliphatic rings. The highest BCUT2D eigenvalue weighted by Gasteiger charge is 2.47. The number of hydrogen-bond donors (Lipinski definition) is 9. The number of aromatic carboxylic acids is 1. The largest absolute Gasteiger partial charge is 0.490 e. The first-order valence-corrected chi connectivity index (χ1v) is 25.6. The van der Waals surface area contributed by atoms with Crippen LogP contribution in [0.2, 0.25) is 0 Å². The zero-order valence-corrected chi connectivity index (χ0v) is 40.0. The number of anilines is 2. The van der Waals surface area contributed by atoms with E-state index in [9.17, 15) is 48.4 Å². The highest BCUT2D eigenvalue weighted by atomic mass is 31.3. The van der Waals surface area contributed by atoms with Crippen molar-refractivity contribution in [3.8, 4) is 22.5 Å². The van der Waals surface area contributed by atoms with Gasteiger partial charge in [0, 0.05) is 67.1 Å². The Bertz CT molecular complexity index is 3080. The predicted octanol–water partition coefficient (Wildman–Crippen LogP) is 3.51. The molecule has 6 atom stereocenters. The molecular weight excluding hydrogens is 969 g/mol. The fourth-order valence-electron chi connectivity index (χ4n) is 7.64. The quantitative estimate of drug-likeness (QED) is 0.0229. The second-order valence-electron chi connectivity index (χ2n) is 16.3. The first-order chi connectivity index (χ1) is 32.5. The Morgan fingerprint density at radius 3 is 2.28 bits per heavy atom. The Labute approximate surface area is 392 Å². The molecular formula is C41H50N8O17P3+. The van der Waals surface area contributed by atoms with E-state index in [1.807, 2.05) is 74.1 Å². The molecule has 7 rings (SSSR count). The van der Waals surface area contributed by atoms with Crippen LogP contribution in [0.4, 0.5) is 11.5 Å². The minimum absolute atomic E-state index is 0.0319. The van der Waals surface area contributed by atoms with Gasteiger partial charge in [0.15, 0.2) is 23.2 Å². The number of imidazole rings is 1. The Morgan fingerprint density at radius 1 is 0.855 bits per heavy atom. The lowest BCUT2D eigenvalue weighted by atomic mass is 9.89. The van der Waals surface area contributed by atoms with Crippen molar-refractivity contribution in [2.45, 2.75) is 50.2 Å². The van der Waals surface area contributed by atoms with E-state index in [-0.39, 0.29) is 22.3 Å². The lowest BCUT2D eigenvalue weighted by molar-refractivity contribution is -0.0503. The Balaban J connectivity index is 0.916. The number of carbonyl (C=O) groups excluding carboxylic acids is 1. The summed E-state index contributed by atoms with van der Waals surface area (Å²) in [6.45, 7) is -0.186. The van der Waals surface area contributed by atoms with Crippen molar-refractivity contribution in [1.29, 1.82) is 0 Å². The van der Waals surface area contributed by atoms with Crippen LogP contribution in [0.25, 0.3) is 44.6 Å². The summed E-state index contributed by atoms with van der Waals surface area (Å²) in [6.07, 6.45) is -0.939. The summed E-state index contributed by atoms with van der Waals surface area (Å²) >= 11 is 0. The molecule has 0 saturated carbocycles. The predicted molar refractivity (Wildman–Crippen MR) is 247 cm³/mol. The molecule has 1 aliphatic carbocycles. The summed E-state index contributed by atoms with van der Waals surface area (Å²) in [4.78, 5) is 77.4. The number of unbranched alkanes of at least 4 members (excludes halogenated alkanes) is 3. The molecule has 28 heteroatoms. The highest BCUT2D eigenvalue weighted by molar-refractivity contribution is 7.66. The summed E-state index contributed by atoms with van der Waals surface area (Å²) in [7, 11) is -9.25. The number of phosphoric acid groups is 3. The van der Waals surface area contributed by atoms with Crippen molar-refractivity contribution in [3.63, 3.8) is 0 Å². The SMILES string of the molecule is CN(C)c1ccc2c(-c3ccc(C(=O)NCCCCCCNc4ncnc5c4ncn5[C@@H]4O[C@H](COP(=O)(O)OP(=O)(O)OP(=O)(O)O)[C@@H](O)[C@H]4O)cc3C(=O)O)c3ccc(=[N+](C)C)cc-3oc2c1. The van der Waals surface area contributed by atoms with E-state index in [1.165, 1.54) is 23.3 Å². The van der Waals surface area contributed by atoms with Crippen LogP contribution >= 0.6 is 23.5 Å². The fourth-order valence-corrected chi connectivity index (χ4v) is 10.7. The third-order valence-electron chi connectivity index (χ3n) is 11.0. The topological polar surface area (TPSA) is 351 Å². The monoisotopic (exact) mass is 1020 g/mol. The Kier molecular flexibility index (Phi) is 15.5. The normalized spacial score (nSPS) is 19.1. The molecule has 0 radical (unpaired) electrons. The second kappa shape index (κ2) is 20.8. The van der Waals surface area contributed by atoms with Gasteiger partial charge in [0.05, 0.1) is 24.6 Å². The molecule has 2 aromatic carbocycles. The van der Waals surface area contributed by atoms with Crippen LogP contribution in [0.5, 0.6) is 0 Å². The van der Waals surface area contributed by atoms with E-state index in [4.69, 9.17) is 18.9 Å². The maximum Gasteiger partial charge on any atom is 0.490 e. The van der Waals surface area contributed by atoms with E-state index in [2.05, 4.69) is 38.7 Å². The zero-order chi connectivity index (χ0) is 50.0. The Morgan fingerprint density at radius 2 is 1.58 bits per heavy atom. The van der Waals surface area contributed by atoms with Gasteiger partial charge in [-0.2, -0.15) is 8.62 Å². The van der Waals surface area contributed by atoms with Gasteiger partial charge in [0.2, 0.25) is 5.36 Å². The van der Waals surface area contributed by atoms with E-state index in [0.29, 0.717) is 54.2 Å². The van der Waals surface area contributed by atoms with E-state index < -0.39 is 66.5 Å². The van der Waals surface area contributed by atoms with Crippen LogP contribution in [0, 0.1) is 0 Å². The number of amides is 1. The molecule has 4 heterocycles. The van der Waals surface area contributed by atoms with Gasteiger partial charge in [-0.3, -0.25) is 13.9 Å². The lowest BCUT2D eigenvalue weighted by Crippen LogP contribution is -2.33. The number of fused-ring (bicyclic) bond motifs is 3. The average molecular weight is 1020 g/mol. The third-order valence-corrected chi connectivity index (χ3v) is 14.8. The number of ether oxygens (including phenoxy) is 1. The minimum atomic E-state index is -5.78. The number of nitrogens with one attached hydrogen (secondary N) is 2. The molecule has 9 N–H and O–H groups in total. The molecule has 1 fully saturated rings. The van der Waals surface area contributed by atoms with Gasteiger partial charge in [-0.1, -0.05) is 18.9 Å². The van der Waals surface area contributed by atoms with Crippen molar-refractivity contribution >= 4 is 69.0 Å². The van der Waals surface area contributed by atoms with Gasteiger partial charge in [0.1, 0.15) is 50.1 Å². The number of carboxylic acid groups (broad SMARTS) is 1. The Hall–Kier alpha value is -5.49. The van der Waals surface area contributed by atoms with Crippen LogP contribution in [0.3, 0.4) is 0 Å². The molecule has 0 bridgehead atoms. The van der Waals surface area contributed by atoms with Crippen LogP contribution in [-0.4, -0.2) is 132 Å². The van der Waals surface area contributed by atoms with E-state index in [0.717, 1.165) is 34.8 Å². The first kappa shape index (κ1) is 51.4. The summed E-state index contributed by atoms with van der Waals surface area (Å²) < 4.78 is 61.8. The van der Waals surface area contributed by atoms with Crippen molar-refractivity contribution < 1.29 is 80.5 Å². The van der Waals surface area contributed by atoms with Crippen LogP contribution in [0.15, 0.2) is 71.7 Å². The summed E-state index contributed by atoms with van der Waals surface area (Å²) in [5.41, 5.74) is 3.95. The molecule has 4 aromatic rings. The van der Waals surface area contributed by atoms with Gasteiger partial charge in [-0.25, -0.2) is 38.0 Å². The molecule has 2 unspecified atom stereocenters. The minimum Gasteiger partial charge on any atom is -0.478 e. The van der Waals surface area contributed by atoms with Crippen molar-refractivity contribution in [1.82, 2.24) is 29.4 Å². The number of nitrogens with zero attached hydrogens (tertiary/aromatic N) is 6. The summed E-state index contributed by atoms with van der Waals surface area (Å²) in [5, 5.41) is 39.5. The zero-order valence-electron chi connectivity index (χ0n) is 37.3. The molecule has 0 spiro atoms. The van der Waals surface area contributed by atoms with Gasteiger partial charge < -0.3 is 59.6 Å². The number of aliphatic hydroxyl groups excluding tert-OH is 2. The molecule has 1 saturated heterocycles. The van der Waals surface area contributed by atoms with Gasteiger partial charge in [0.25, 0.3) is 5.91 Å². The standard InChI is InChI=1S/C41H49N8O17P3/c1-47(2)24-10-13-27-30(18-24)63-31-19-25(48(3)4)11-14-28(31)33(27)26-12-9-23(17-29(26)41(53)54)39(52)43-16-8-6-5-7-15-42-37-34-38(45-21-44-37)49(22-46-34)40-36(51)35(50)32(64-40)20-62-68(58,59)66-69(60,61)65-67(55,56)57/h9-14,17-19,21-22,32,35-36,40,50-51H,5-8,15-16,20H2,1-4H3,(H6-,42,43,44,45,52,53,54,55,56,57,58,59,60,61)/p+1/t32-,35-,36-,40-/m1/s1. The average Bonchev–Trinajstić information content (AvgIpc) is 3.83. The van der Waals surface area contributed by atoms with Crippen LogP contribution in [-0.2, 0) is 31.6 Å². The van der Waals surface area contributed by atoms with Gasteiger partial charge in [-0.05, 0) is 48.7 Å². The number of carboxylic acids is 1. The summed E-state index contributed by atoms with van der Waals surface area (Å²) in [5.74, 6) is -0.676. The van der Waals surface area contributed by atoms with Crippen molar-refractivity contribution in [2.24, 2.45) is 0 Å². The molecule has 1 amide bonds. The lowest BCUT2D eigenvalue weighted by Gasteiger charge is -2.19. The van der Waals surface area contributed by atoms with Crippen LogP contribution < -0.4 is 25.5 Å². The number of aromatic nitrogens is 4. The maximum absolute atomic E-state index is 13.3. The molecule has 2 aliphatic heterocycles. The van der Waals surface area contributed by atoms with Gasteiger partial charge in [-0.15, -0.1) is 0 Å². The third kappa shape index (κ3) is 12.1. The summed E-state index contributed by atoms with van der Waals surface area (Å²) in [6, 6.07) is 16.2. The highest BCUT2D eigenvalue weighted by Crippen LogP contribution is 2.66. The van der Waals surface area contributed by atoms with Gasteiger partial charge >= 0.3 is 29.4 Å². The molecule has 370 valence electrons. The van der Waals surface area contributed by atoms with E-state index >= 15 is 0 Å². The molecule has 25 nitrogen and oxygen atoms in total. The number of aliphatic hydroxyl groups is 2. The smallest absolute Gasteiger partial charge is 0.478 e. The van der Waals surface area contributed by atoms with E-state index in [1.54, 1.807) is 12.1 Å². The number of phosphoric ester groups is 1. The van der Waals surface area contributed by atoms with Crippen molar-refractivity contribution in [3.05, 3.63) is 83.7 Å². The fraction of sp³-hybridized carbons (Fsp3) is 0.366. The van der Waals surface area contributed by atoms with Crippen LogP contribution in [0.1, 0.15) is 52.6 Å². The first-order valence-electron chi connectivity index (χ1n) is 21.1. The maximum atomic E-state index is 13.3. The molecule has 69 heavy (non-hydrogen) atoms. The number of benzene rings is 3. The second-order valence-corrected chi connectivity index (χ2v) is 20.7. The number of rotatable bonds is 20.